The van der Waals surface area contributed by atoms with Gasteiger partial charge in [0.1, 0.15) is 6.54 Å². The molecule has 0 unspecified atom stereocenters. The Balaban J connectivity index is 1.84. The Hall–Kier alpha value is -3.23. The molecule has 1 aromatic rings. The zero-order chi connectivity index (χ0) is 20.0. The van der Waals surface area contributed by atoms with Gasteiger partial charge in [0.05, 0.1) is 6.42 Å². The number of amides is 5. The first-order valence-corrected chi connectivity index (χ1v) is 8.50. The first-order valence-electron chi connectivity index (χ1n) is 8.50. The molecule has 0 bridgehead atoms. The van der Waals surface area contributed by atoms with E-state index in [2.05, 4.69) is 5.32 Å². The number of benzene rings is 1. The van der Waals surface area contributed by atoms with Gasteiger partial charge in [0.15, 0.2) is 6.61 Å². The topological polar surface area (TPSA) is 122 Å². The van der Waals surface area contributed by atoms with Gasteiger partial charge in [-0.3, -0.25) is 29.4 Å². The van der Waals surface area contributed by atoms with Crippen molar-refractivity contribution in [1.29, 1.82) is 0 Å². The van der Waals surface area contributed by atoms with Gasteiger partial charge >= 0.3 is 12.0 Å². The van der Waals surface area contributed by atoms with Crippen LogP contribution in [0.25, 0.3) is 0 Å². The maximum Gasteiger partial charge on any atom is 0.326 e. The van der Waals surface area contributed by atoms with Crippen LogP contribution in [0.15, 0.2) is 24.3 Å². The first kappa shape index (κ1) is 20.1. The molecule has 144 valence electrons. The van der Waals surface area contributed by atoms with E-state index in [0.29, 0.717) is 17.5 Å². The molecule has 0 saturated carbocycles. The summed E-state index contributed by atoms with van der Waals surface area (Å²) < 4.78 is 4.75. The number of fused-ring (bicyclic) bond motifs is 1. The molecule has 0 saturated heterocycles. The van der Waals surface area contributed by atoms with Crippen molar-refractivity contribution in [2.75, 3.05) is 13.2 Å². The summed E-state index contributed by atoms with van der Waals surface area (Å²) in [5, 5.41) is 4.55. The van der Waals surface area contributed by atoms with E-state index in [1.54, 1.807) is 31.2 Å². The van der Waals surface area contributed by atoms with Crippen molar-refractivity contribution in [3.8, 4) is 0 Å². The zero-order valence-corrected chi connectivity index (χ0v) is 15.1. The summed E-state index contributed by atoms with van der Waals surface area (Å²) in [5.74, 6) is -2.84. The largest absolute Gasteiger partial charge is 0.454 e. The van der Waals surface area contributed by atoms with Gasteiger partial charge in [-0.05, 0) is 25.0 Å². The van der Waals surface area contributed by atoms with Crippen LogP contribution in [0.4, 0.5) is 4.79 Å². The number of ether oxygens (including phenoxy) is 1. The summed E-state index contributed by atoms with van der Waals surface area (Å²) in [5.41, 5.74) is 0.952. The highest BCUT2D eigenvalue weighted by Gasteiger charge is 2.32. The van der Waals surface area contributed by atoms with E-state index in [1.165, 1.54) is 0 Å². The molecule has 1 aliphatic rings. The summed E-state index contributed by atoms with van der Waals surface area (Å²) >= 11 is 0. The van der Waals surface area contributed by atoms with E-state index < -0.39 is 42.9 Å². The molecule has 0 aliphatic carbocycles. The Labute approximate surface area is 156 Å². The predicted octanol–water partition coefficient (Wildman–Crippen LogP) is 0.379. The van der Waals surface area contributed by atoms with E-state index in [4.69, 9.17) is 4.74 Å². The number of hydrogen-bond acceptors (Lipinski definition) is 6. The number of esters is 1. The minimum atomic E-state index is -0.923. The summed E-state index contributed by atoms with van der Waals surface area (Å²) in [6.07, 6.45) is 0.698. The monoisotopic (exact) mass is 375 g/mol. The Kier molecular flexibility index (Phi) is 6.64. The number of carbonyl (C=O) groups excluding carboxylic acids is 5. The van der Waals surface area contributed by atoms with Crippen molar-refractivity contribution in [3.05, 3.63) is 35.4 Å². The second-order valence-corrected chi connectivity index (χ2v) is 6.11. The van der Waals surface area contributed by atoms with Crippen LogP contribution in [0.3, 0.4) is 0 Å². The molecule has 27 heavy (non-hydrogen) atoms. The van der Waals surface area contributed by atoms with Crippen LogP contribution in [0.5, 0.6) is 0 Å². The van der Waals surface area contributed by atoms with E-state index in [9.17, 15) is 24.0 Å². The lowest BCUT2D eigenvalue weighted by molar-refractivity contribution is -0.151. The van der Waals surface area contributed by atoms with Crippen LogP contribution in [-0.2, 0) is 25.5 Å². The number of rotatable bonds is 6. The quantitative estimate of drug-likeness (QED) is 0.547. The molecule has 1 atom stereocenters. The van der Waals surface area contributed by atoms with Crippen LogP contribution in [-0.4, -0.2) is 53.8 Å². The highest BCUT2D eigenvalue weighted by molar-refractivity contribution is 6.11. The average molecular weight is 375 g/mol. The molecular formula is C18H21N3O6. The van der Waals surface area contributed by atoms with Gasteiger partial charge in [0.2, 0.25) is 5.91 Å². The van der Waals surface area contributed by atoms with Crippen LogP contribution in [0.2, 0.25) is 0 Å². The summed E-state index contributed by atoms with van der Waals surface area (Å²) in [6.45, 7) is 2.35. The Morgan fingerprint density at radius 1 is 1.22 bits per heavy atom. The van der Waals surface area contributed by atoms with Crippen molar-refractivity contribution in [3.63, 3.8) is 0 Å². The SMILES string of the molecule is CC[C@@H](C)NC(=O)NC(=O)COC(=O)CN1C(=O)Cc2ccccc2C1=O. The minimum absolute atomic E-state index is 0.00542. The fourth-order valence-electron chi connectivity index (χ4n) is 2.41. The lowest BCUT2D eigenvalue weighted by Crippen LogP contribution is -2.46. The molecule has 0 aromatic heterocycles. The molecule has 0 radical (unpaired) electrons. The molecule has 5 amide bonds. The van der Waals surface area contributed by atoms with Crippen molar-refractivity contribution >= 4 is 29.7 Å². The molecule has 9 heteroatoms. The first-order chi connectivity index (χ1) is 12.8. The third-order valence-electron chi connectivity index (χ3n) is 4.03. The maximum absolute atomic E-state index is 12.3. The fraction of sp³-hybridized carbons (Fsp3) is 0.389. The van der Waals surface area contributed by atoms with Gasteiger partial charge in [-0.1, -0.05) is 25.1 Å². The minimum Gasteiger partial charge on any atom is -0.454 e. The van der Waals surface area contributed by atoms with E-state index in [-0.39, 0.29) is 12.5 Å². The standard InChI is InChI=1S/C18H21N3O6/c1-3-11(2)19-18(26)20-14(22)10-27-16(24)9-21-15(23)8-12-6-4-5-7-13(12)17(21)25/h4-7,11H,3,8-10H2,1-2H3,(H2,19,20,22,26)/t11-/m1/s1. The number of urea groups is 1. The number of carbonyl (C=O) groups is 5. The molecule has 2 rings (SSSR count). The Bertz CT molecular complexity index is 776. The van der Waals surface area contributed by atoms with Crippen molar-refractivity contribution in [2.45, 2.75) is 32.7 Å². The molecule has 2 N–H and O–H groups in total. The van der Waals surface area contributed by atoms with Crippen molar-refractivity contribution in [1.82, 2.24) is 15.5 Å². The third kappa shape index (κ3) is 5.37. The molecule has 1 heterocycles. The highest BCUT2D eigenvalue weighted by atomic mass is 16.5. The van der Waals surface area contributed by atoms with E-state index in [0.717, 1.165) is 4.90 Å². The Morgan fingerprint density at radius 3 is 2.63 bits per heavy atom. The molecular weight excluding hydrogens is 354 g/mol. The lowest BCUT2D eigenvalue weighted by Gasteiger charge is -2.25. The second-order valence-electron chi connectivity index (χ2n) is 6.11. The van der Waals surface area contributed by atoms with E-state index in [1.807, 2.05) is 12.2 Å². The summed E-state index contributed by atoms with van der Waals surface area (Å²) in [4.78, 5) is 60.2. The van der Waals surface area contributed by atoms with Crippen molar-refractivity contribution < 1.29 is 28.7 Å². The lowest BCUT2D eigenvalue weighted by atomic mass is 9.98. The third-order valence-corrected chi connectivity index (χ3v) is 4.03. The smallest absolute Gasteiger partial charge is 0.326 e. The molecule has 0 spiro atoms. The van der Waals surface area contributed by atoms with Gasteiger partial charge in [0.25, 0.3) is 11.8 Å². The maximum atomic E-state index is 12.3. The van der Waals surface area contributed by atoms with Gasteiger partial charge < -0.3 is 10.1 Å². The fourth-order valence-corrected chi connectivity index (χ4v) is 2.41. The molecule has 1 aromatic carbocycles. The Morgan fingerprint density at radius 2 is 1.93 bits per heavy atom. The van der Waals surface area contributed by atoms with Gasteiger partial charge in [0, 0.05) is 11.6 Å². The van der Waals surface area contributed by atoms with Crippen molar-refractivity contribution in [2.24, 2.45) is 0 Å². The van der Waals surface area contributed by atoms with Gasteiger partial charge in [-0.25, -0.2) is 4.79 Å². The van der Waals surface area contributed by atoms with Gasteiger partial charge in [-0.15, -0.1) is 0 Å². The highest BCUT2D eigenvalue weighted by Crippen LogP contribution is 2.19. The molecule has 0 fully saturated rings. The van der Waals surface area contributed by atoms with Gasteiger partial charge in [-0.2, -0.15) is 0 Å². The van der Waals surface area contributed by atoms with Crippen LogP contribution in [0.1, 0.15) is 36.2 Å². The van der Waals surface area contributed by atoms with Crippen LogP contribution < -0.4 is 10.6 Å². The molecule has 9 nitrogen and oxygen atoms in total. The van der Waals surface area contributed by atoms with E-state index >= 15 is 0 Å². The number of nitrogens with zero attached hydrogens (tertiary/aromatic N) is 1. The summed E-state index contributed by atoms with van der Waals surface area (Å²) in [7, 11) is 0. The average Bonchev–Trinajstić information content (AvgIpc) is 2.63. The predicted molar refractivity (Wildman–Crippen MR) is 93.6 cm³/mol. The number of hydrogen-bond donors (Lipinski definition) is 2. The van der Waals surface area contributed by atoms with Crippen LogP contribution in [0, 0.1) is 0 Å². The molecule has 1 aliphatic heterocycles. The number of imide groups is 2. The zero-order valence-electron chi connectivity index (χ0n) is 15.1. The van der Waals surface area contributed by atoms with Crippen LogP contribution >= 0.6 is 0 Å². The normalized spacial score (nSPS) is 14.2. The number of nitrogens with one attached hydrogen (secondary N) is 2. The second kappa shape index (κ2) is 8.93. The summed E-state index contributed by atoms with van der Waals surface area (Å²) in [6, 6.07) is 5.83.